The van der Waals surface area contributed by atoms with E-state index in [1.807, 2.05) is 0 Å². The molecule has 0 unspecified atom stereocenters. The van der Waals surface area contributed by atoms with E-state index in [1.165, 1.54) is 46.6 Å². The van der Waals surface area contributed by atoms with E-state index >= 15 is 0 Å². The molecule has 0 saturated carbocycles. The predicted octanol–water partition coefficient (Wildman–Crippen LogP) is 2.83. The molecule has 10 heteroatoms. The molecule has 1 fully saturated rings. The van der Waals surface area contributed by atoms with Crippen molar-refractivity contribution in [3.63, 3.8) is 0 Å². The zero-order valence-corrected chi connectivity index (χ0v) is 20.2. The summed E-state index contributed by atoms with van der Waals surface area (Å²) in [5.74, 6) is 1.37. The minimum absolute atomic E-state index is 0.0134. The Morgan fingerprint density at radius 3 is 2.03 bits per heavy atom. The largest absolute Gasteiger partial charge is 0.496 e. The predicted molar refractivity (Wildman–Crippen MR) is 123 cm³/mol. The van der Waals surface area contributed by atoms with Crippen LogP contribution in [0.3, 0.4) is 0 Å². The van der Waals surface area contributed by atoms with E-state index in [0.29, 0.717) is 41.7 Å². The molecule has 1 N–H and O–H groups in total. The third-order valence-electron chi connectivity index (χ3n) is 5.55. The van der Waals surface area contributed by atoms with Crippen LogP contribution in [-0.2, 0) is 16.6 Å². The van der Waals surface area contributed by atoms with Crippen molar-refractivity contribution in [3.8, 4) is 23.0 Å². The molecule has 2 aromatic carbocycles. The molecular formula is C23H30N2O7S. The van der Waals surface area contributed by atoms with Crippen molar-refractivity contribution in [3.05, 3.63) is 41.5 Å². The van der Waals surface area contributed by atoms with Crippen molar-refractivity contribution in [2.75, 3.05) is 41.5 Å². The smallest absolute Gasteiger partial charge is 0.257 e. The Hall–Kier alpha value is -2.98. The van der Waals surface area contributed by atoms with Crippen LogP contribution in [0.15, 0.2) is 35.2 Å². The molecule has 0 aliphatic carbocycles. The van der Waals surface area contributed by atoms with Crippen molar-refractivity contribution in [2.24, 2.45) is 0 Å². The second kappa shape index (κ2) is 10.8. The quantitative estimate of drug-likeness (QED) is 0.591. The highest BCUT2D eigenvalue weighted by Crippen LogP contribution is 2.38. The molecule has 1 aliphatic rings. The Kier molecular flexibility index (Phi) is 8.04. The lowest BCUT2D eigenvalue weighted by molar-refractivity contribution is 0.0720. The first-order valence-corrected chi connectivity index (χ1v) is 12.1. The monoisotopic (exact) mass is 478 g/mol. The topological polar surface area (TPSA) is 103 Å². The summed E-state index contributed by atoms with van der Waals surface area (Å²) in [5, 5.41) is 0. The Bertz CT molecular complexity index is 1070. The van der Waals surface area contributed by atoms with Gasteiger partial charge in [-0.25, -0.2) is 13.1 Å². The van der Waals surface area contributed by atoms with Crippen LogP contribution in [0, 0.1) is 0 Å². The van der Waals surface area contributed by atoms with Gasteiger partial charge in [-0.2, -0.15) is 0 Å². The first-order chi connectivity index (χ1) is 15.8. The van der Waals surface area contributed by atoms with Crippen LogP contribution in [0.2, 0.25) is 0 Å². The molecule has 3 rings (SSSR count). The van der Waals surface area contributed by atoms with E-state index in [-0.39, 0.29) is 22.9 Å². The number of benzene rings is 2. The molecule has 2 aromatic rings. The van der Waals surface area contributed by atoms with E-state index in [0.717, 1.165) is 19.3 Å². The molecule has 0 aromatic heterocycles. The molecule has 1 aliphatic heterocycles. The van der Waals surface area contributed by atoms with Crippen LogP contribution in [-0.4, -0.2) is 60.8 Å². The van der Waals surface area contributed by atoms with E-state index in [9.17, 15) is 13.2 Å². The SMILES string of the molecule is COc1ccc(S(=O)(=O)NCc2cc(OC)c(OC)c(OC)c2)cc1C(=O)N1CCCCC1. The van der Waals surface area contributed by atoms with Crippen molar-refractivity contribution in [1.82, 2.24) is 9.62 Å². The van der Waals surface area contributed by atoms with Gasteiger partial charge < -0.3 is 23.8 Å². The number of likely N-dealkylation sites (tertiary alicyclic amines) is 1. The van der Waals surface area contributed by atoms with Crippen molar-refractivity contribution in [2.45, 2.75) is 30.7 Å². The van der Waals surface area contributed by atoms with Crippen molar-refractivity contribution in [1.29, 1.82) is 0 Å². The van der Waals surface area contributed by atoms with Gasteiger partial charge in [0, 0.05) is 19.6 Å². The lowest BCUT2D eigenvalue weighted by Gasteiger charge is -2.27. The van der Waals surface area contributed by atoms with Crippen LogP contribution in [0.5, 0.6) is 23.0 Å². The van der Waals surface area contributed by atoms with E-state index < -0.39 is 10.0 Å². The van der Waals surface area contributed by atoms with Crippen molar-refractivity contribution >= 4 is 15.9 Å². The van der Waals surface area contributed by atoms with Gasteiger partial charge in [0.05, 0.1) is 38.9 Å². The second-order valence-electron chi connectivity index (χ2n) is 7.57. The third-order valence-corrected chi connectivity index (χ3v) is 6.94. The van der Waals surface area contributed by atoms with Gasteiger partial charge in [-0.15, -0.1) is 0 Å². The standard InChI is InChI=1S/C23H30N2O7S/c1-29-19-9-8-17(14-18(19)23(26)25-10-6-5-7-11-25)33(27,28)24-15-16-12-20(30-2)22(32-4)21(13-16)31-3/h8-9,12-14,24H,5-7,10-11,15H2,1-4H3. The summed E-state index contributed by atoms with van der Waals surface area (Å²) in [7, 11) is 2.02. The number of hydrogen-bond donors (Lipinski definition) is 1. The number of carbonyl (C=O) groups excluding carboxylic acids is 1. The zero-order valence-electron chi connectivity index (χ0n) is 19.3. The summed E-state index contributed by atoms with van der Waals surface area (Å²) in [4.78, 5) is 14.8. The van der Waals surface area contributed by atoms with Crippen LogP contribution in [0.25, 0.3) is 0 Å². The minimum Gasteiger partial charge on any atom is -0.496 e. The van der Waals surface area contributed by atoms with Gasteiger partial charge in [0.15, 0.2) is 11.5 Å². The molecule has 0 atom stereocenters. The number of ether oxygens (including phenoxy) is 4. The Balaban J connectivity index is 1.85. The number of hydrogen-bond acceptors (Lipinski definition) is 7. The summed E-state index contributed by atoms with van der Waals surface area (Å²) in [6.07, 6.45) is 2.95. The molecule has 1 saturated heterocycles. The lowest BCUT2D eigenvalue weighted by Crippen LogP contribution is -2.36. The van der Waals surface area contributed by atoms with Gasteiger partial charge in [0.25, 0.3) is 5.91 Å². The third kappa shape index (κ3) is 5.51. The molecule has 0 spiro atoms. The summed E-state index contributed by atoms with van der Waals surface area (Å²) < 4.78 is 49.9. The summed E-state index contributed by atoms with van der Waals surface area (Å²) in [6.45, 7) is 1.29. The summed E-state index contributed by atoms with van der Waals surface area (Å²) in [5.41, 5.74) is 0.848. The Labute approximate surface area is 194 Å². The second-order valence-corrected chi connectivity index (χ2v) is 9.34. The minimum atomic E-state index is -3.91. The number of amides is 1. The number of sulfonamides is 1. The molecular weight excluding hydrogens is 448 g/mol. The van der Waals surface area contributed by atoms with E-state index in [1.54, 1.807) is 17.0 Å². The maximum absolute atomic E-state index is 13.0. The fourth-order valence-electron chi connectivity index (χ4n) is 3.79. The fraction of sp³-hybridized carbons (Fsp3) is 0.435. The summed E-state index contributed by atoms with van der Waals surface area (Å²) >= 11 is 0. The van der Waals surface area contributed by atoms with Crippen LogP contribution in [0.4, 0.5) is 0 Å². The van der Waals surface area contributed by atoms with Crippen LogP contribution >= 0.6 is 0 Å². The average Bonchev–Trinajstić information content (AvgIpc) is 2.86. The zero-order chi connectivity index (χ0) is 24.0. The summed E-state index contributed by atoms with van der Waals surface area (Å²) in [6, 6.07) is 7.63. The molecule has 9 nitrogen and oxygen atoms in total. The number of methoxy groups -OCH3 is 4. The van der Waals surface area contributed by atoms with Gasteiger partial charge in [-0.05, 0) is 55.2 Å². The maximum atomic E-state index is 13.0. The van der Waals surface area contributed by atoms with Gasteiger partial charge in [-0.3, -0.25) is 4.79 Å². The average molecular weight is 479 g/mol. The van der Waals surface area contributed by atoms with E-state index in [4.69, 9.17) is 18.9 Å². The van der Waals surface area contributed by atoms with Crippen molar-refractivity contribution < 1.29 is 32.2 Å². The van der Waals surface area contributed by atoms with Gasteiger partial charge in [0.2, 0.25) is 15.8 Å². The molecule has 180 valence electrons. The number of nitrogens with zero attached hydrogens (tertiary/aromatic N) is 1. The molecule has 33 heavy (non-hydrogen) atoms. The van der Waals surface area contributed by atoms with Crippen LogP contribution in [0.1, 0.15) is 35.2 Å². The van der Waals surface area contributed by atoms with Gasteiger partial charge in [0.1, 0.15) is 5.75 Å². The molecule has 1 amide bonds. The van der Waals surface area contributed by atoms with Gasteiger partial charge >= 0.3 is 0 Å². The fourth-order valence-corrected chi connectivity index (χ4v) is 4.83. The first-order valence-electron chi connectivity index (χ1n) is 10.6. The van der Waals surface area contributed by atoms with E-state index in [2.05, 4.69) is 4.72 Å². The lowest BCUT2D eigenvalue weighted by atomic mass is 10.1. The van der Waals surface area contributed by atoms with Crippen LogP contribution < -0.4 is 23.7 Å². The molecule has 1 heterocycles. The number of rotatable bonds is 9. The first kappa shape index (κ1) is 24.7. The highest BCUT2D eigenvalue weighted by Gasteiger charge is 2.24. The highest BCUT2D eigenvalue weighted by atomic mass is 32.2. The Morgan fingerprint density at radius 2 is 1.48 bits per heavy atom. The molecule has 0 bridgehead atoms. The maximum Gasteiger partial charge on any atom is 0.257 e. The highest BCUT2D eigenvalue weighted by molar-refractivity contribution is 7.89. The van der Waals surface area contributed by atoms with Gasteiger partial charge in [-0.1, -0.05) is 0 Å². The number of carbonyl (C=O) groups is 1. The number of nitrogens with one attached hydrogen (secondary N) is 1. The molecule has 0 radical (unpaired) electrons. The Morgan fingerprint density at radius 1 is 0.879 bits per heavy atom. The normalized spacial score (nSPS) is 14.0. The number of piperidine rings is 1.